The standard InChI is InChI=1S/C11H17N3O/c1-8-10(12)4-5-11(13-8)14(6-7-15)9-2-3-9/h4-5,9,15H,2-3,6-7,12H2,1H3. The van der Waals surface area contributed by atoms with Crippen LogP contribution in [0.25, 0.3) is 0 Å². The lowest BCUT2D eigenvalue weighted by atomic mass is 10.3. The molecule has 4 nitrogen and oxygen atoms in total. The van der Waals surface area contributed by atoms with Crippen LogP contribution >= 0.6 is 0 Å². The summed E-state index contributed by atoms with van der Waals surface area (Å²) in [5, 5.41) is 9.00. The highest BCUT2D eigenvalue weighted by Crippen LogP contribution is 2.30. The molecular weight excluding hydrogens is 190 g/mol. The average molecular weight is 207 g/mol. The topological polar surface area (TPSA) is 62.4 Å². The van der Waals surface area contributed by atoms with Crippen molar-refractivity contribution in [1.29, 1.82) is 0 Å². The van der Waals surface area contributed by atoms with Crippen LogP contribution < -0.4 is 10.6 Å². The summed E-state index contributed by atoms with van der Waals surface area (Å²) in [6, 6.07) is 4.37. The Kier molecular flexibility index (Phi) is 2.77. The summed E-state index contributed by atoms with van der Waals surface area (Å²) in [4.78, 5) is 6.60. The molecule has 0 bridgehead atoms. The summed E-state index contributed by atoms with van der Waals surface area (Å²) in [7, 11) is 0. The van der Waals surface area contributed by atoms with Crippen LogP contribution in [0.3, 0.4) is 0 Å². The van der Waals surface area contributed by atoms with Crippen molar-refractivity contribution >= 4 is 11.5 Å². The molecule has 0 spiro atoms. The summed E-state index contributed by atoms with van der Waals surface area (Å²) in [6.45, 7) is 2.73. The molecule has 0 radical (unpaired) electrons. The number of nitrogens with two attached hydrogens (primary N) is 1. The molecule has 1 heterocycles. The third kappa shape index (κ3) is 2.21. The molecule has 15 heavy (non-hydrogen) atoms. The van der Waals surface area contributed by atoms with Crippen LogP contribution in [0, 0.1) is 6.92 Å². The van der Waals surface area contributed by atoms with Gasteiger partial charge in [0, 0.05) is 12.6 Å². The number of pyridine rings is 1. The number of aryl methyl sites for hydroxylation is 1. The van der Waals surface area contributed by atoms with Gasteiger partial charge in [0.05, 0.1) is 18.0 Å². The number of rotatable bonds is 4. The largest absolute Gasteiger partial charge is 0.397 e. The molecule has 1 saturated carbocycles. The van der Waals surface area contributed by atoms with Crippen molar-refractivity contribution in [3.8, 4) is 0 Å². The molecule has 0 aliphatic heterocycles. The molecule has 1 aromatic heterocycles. The zero-order valence-corrected chi connectivity index (χ0v) is 8.98. The minimum absolute atomic E-state index is 0.168. The van der Waals surface area contributed by atoms with Crippen LogP contribution in [0.2, 0.25) is 0 Å². The Morgan fingerprint density at radius 2 is 2.27 bits per heavy atom. The quantitative estimate of drug-likeness (QED) is 0.771. The van der Waals surface area contributed by atoms with Crippen molar-refractivity contribution in [2.45, 2.75) is 25.8 Å². The maximum atomic E-state index is 9.00. The lowest BCUT2D eigenvalue weighted by molar-refractivity contribution is 0.301. The fourth-order valence-corrected chi connectivity index (χ4v) is 1.70. The number of hydrogen-bond donors (Lipinski definition) is 2. The zero-order chi connectivity index (χ0) is 10.8. The molecule has 1 aliphatic rings. The molecule has 4 heteroatoms. The van der Waals surface area contributed by atoms with Gasteiger partial charge in [0.25, 0.3) is 0 Å². The van der Waals surface area contributed by atoms with E-state index in [-0.39, 0.29) is 6.61 Å². The predicted octanol–water partition coefficient (Wildman–Crippen LogP) is 0.933. The van der Waals surface area contributed by atoms with Crippen LogP contribution in [0.1, 0.15) is 18.5 Å². The Balaban J connectivity index is 2.21. The molecule has 1 aromatic rings. The first-order chi connectivity index (χ1) is 7.22. The van der Waals surface area contributed by atoms with E-state index in [1.54, 1.807) is 0 Å². The molecule has 2 rings (SSSR count). The first kappa shape index (κ1) is 10.2. The number of aliphatic hydroxyl groups is 1. The van der Waals surface area contributed by atoms with E-state index in [2.05, 4.69) is 9.88 Å². The summed E-state index contributed by atoms with van der Waals surface area (Å²) >= 11 is 0. The van der Waals surface area contributed by atoms with Crippen LogP contribution in [-0.4, -0.2) is 29.3 Å². The minimum atomic E-state index is 0.168. The van der Waals surface area contributed by atoms with Crippen LogP contribution in [0.4, 0.5) is 11.5 Å². The van der Waals surface area contributed by atoms with Gasteiger partial charge in [0.2, 0.25) is 0 Å². The number of aromatic nitrogens is 1. The number of anilines is 2. The van der Waals surface area contributed by atoms with Crippen molar-refractivity contribution in [2.24, 2.45) is 0 Å². The molecule has 0 amide bonds. The van der Waals surface area contributed by atoms with Crippen LogP contribution in [0.5, 0.6) is 0 Å². The highest BCUT2D eigenvalue weighted by atomic mass is 16.3. The second kappa shape index (κ2) is 4.06. The van der Waals surface area contributed by atoms with E-state index in [9.17, 15) is 0 Å². The molecule has 1 fully saturated rings. The first-order valence-corrected chi connectivity index (χ1v) is 5.33. The minimum Gasteiger partial charge on any atom is -0.397 e. The van der Waals surface area contributed by atoms with Gasteiger partial charge < -0.3 is 15.7 Å². The average Bonchev–Trinajstić information content (AvgIpc) is 3.02. The van der Waals surface area contributed by atoms with E-state index in [0.29, 0.717) is 12.6 Å². The van der Waals surface area contributed by atoms with Crippen molar-refractivity contribution in [2.75, 3.05) is 23.8 Å². The number of hydrogen-bond acceptors (Lipinski definition) is 4. The molecule has 0 aromatic carbocycles. The number of nitrogens with zero attached hydrogens (tertiary/aromatic N) is 2. The van der Waals surface area contributed by atoms with Gasteiger partial charge in [-0.1, -0.05) is 0 Å². The Labute approximate surface area is 89.7 Å². The smallest absolute Gasteiger partial charge is 0.129 e. The molecule has 0 saturated heterocycles. The molecule has 0 unspecified atom stereocenters. The van der Waals surface area contributed by atoms with E-state index in [1.807, 2.05) is 19.1 Å². The third-order valence-electron chi connectivity index (χ3n) is 2.73. The summed E-state index contributed by atoms with van der Waals surface area (Å²) in [5.74, 6) is 0.929. The van der Waals surface area contributed by atoms with Gasteiger partial charge in [-0.25, -0.2) is 4.98 Å². The van der Waals surface area contributed by atoms with Crippen LogP contribution in [0.15, 0.2) is 12.1 Å². The summed E-state index contributed by atoms with van der Waals surface area (Å²) < 4.78 is 0. The normalized spacial score (nSPS) is 15.3. The molecule has 3 N–H and O–H groups in total. The monoisotopic (exact) mass is 207 g/mol. The van der Waals surface area contributed by atoms with E-state index < -0.39 is 0 Å². The lowest BCUT2D eigenvalue weighted by Gasteiger charge is -2.22. The summed E-state index contributed by atoms with van der Waals surface area (Å²) in [5.41, 5.74) is 7.30. The van der Waals surface area contributed by atoms with Crippen molar-refractivity contribution < 1.29 is 5.11 Å². The Morgan fingerprint density at radius 1 is 1.53 bits per heavy atom. The first-order valence-electron chi connectivity index (χ1n) is 5.33. The van der Waals surface area contributed by atoms with Crippen molar-refractivity contribution in [3.63, 3.8) is 0 Å². The second-order valence-electron chi connectivity index (χ2n) is 3.99. The van der Waals surface area contributed by atoms with E-state index in [4.69, 9.17) is 10.8 Å². The van der Waals surface area contributed by atoms with E-state index in [0.717, 1.165) is 17.2 Å². The highest BCUT2D eigenvalue weighted by Gasteiger charge is 2.29. The number of aliphatic hydroxyl groups excluding tert-OH is 1. The van der Waals surface area contributed by atoms with Crippen LogP contribution in [-0.2, 0) is 0 Å². The zero-order valence-electron chi connectivity index (χ0n) is 8.98. The third-order valence-corrected chi connectivity index (χ3v) is 2.73. The maximum absolute atomic E-state index is 9.00. The Bertz CT molecular complexity index is 350. The molecule has 1 aliphatic carbocycles. The second-order valence-corrected chi connectivity index (χ2v) is 3.99. The van der Waals surface area contributed by atoms with Gasteiger partial charge in [-0.05, 0) is 31.9 Å². The van der Waals surface area contributed by atoms with Gasteiger partial charge in [0.1, 0.15) is 5.82 Å². The van der Waals surface area contributed by atoms with E-state index in [1.165, 1.54) is 12.8 Å². The van der Waals surface area contributed by atoms with Gasteiger partial charge in [-0.15, -0.1) is 0 Å². The van der Waals surface area contributed by atoms with Crippen molar-refractivity contribution in [3.05, 3.63) is 17.8 Å². The molecule has 82 valence electrons. The lowest BCUT2D eigenvalue weighted by Crippen LogP contribution is -2.29. The van der Waals surface area contributed by atoms with Crippen molar-refractivity contribution in [1.82, 2.24) is 4.98 Å². The molecular formula is C11H17N3O. The SMILES string of the molecule is Cc1nc(N(CCO)C2CC2)ccc1N. The Morgan fingerprint density at radius 3 is 2.80 bits per heavy atom. The fraction of sp³-hybridized carbons (Fsp3) is 0.545. The van der Waals surface area contributed by atoms with E-state index >= 15 is 0 Å². The fourth-order valence-electron chi connectivity index (χ4n) is 1.70. The maximum Gasteiger partial charge on any atom is 0.129 e. The predicted molar refractivity (Wildman–Crippen MR) is 60.8 cm³/mol. The van der Waals surface area contributed by atoms with Gasteiger partial charge in [-0.2, -0.15) is 0 Å². The highest BCUT2D eigenvalue weighted by molar-refractivity contribution is 5.51. The number of nitrogen functional groups attached to an aromatic ring is 1. The van der Waals surface area contributed by atoms with Gasteiger partial charge in [0.15, 0.2) is 0 Å². The van der Waals surface area contributed by atoms with Gasteiger partial charge >= 0.3 is 0 Å². The van der Waals surface area contributed by atoms with Gasteiger partial charge in [-0.3, -0.25) is 0 Å². The summed E-state index contributed by atoms with van der Waals surface area (Å²) in [6.07, 6.45) is 2.40. The molecule has 0 atom stereocenters. The Hall–Kier alpha value is -1.29.